The van der Waals surface area contributed by atoms with Crippen LogP contribution in [0.3, 0.4) is 0 Å². The van der Waals surface area contributed by atoms with Crippen LogP contribution < -0.4 is 0 Å². The van der Waals surface area contributed by atoms with Gasteiger partial charge >= 0.3 is 18.1 Å². The van der Waals surface area contributed by atoms with Crippen LogP contribution in [0.5, 0.6) is 0 Å². The number of halogens is 3. The Bertz CT molecular complexity index is 856. The lowest BCUT2D eigenvalue weighted by Crippen LogP contribution is -2.43. The predicted octanol–water partition coefficient (Wildman–Crippen LogP) is 3.62. The van der Waals surface area contributed by atoms with Gasteiger partial charge in [-0.1, -0.05) is 36.4 Å². The van der Waals surface area contributed by atoms with Crippen molar-refractivity contribution in [1.29, 1.82) is 0 Å². The average Bonchev–Trinajstić information content (AvgIpc) is 3.11. The summed E-state index contributed by atoms with van der Waals surface area (Å²) in [5, 5.41) is 0. The third kappa shape index (κ3) is 4.98. The second-order valence-electron chi connectivity index (χ2n) is 6.55. The van der Waals surface area contributed by atoms with Crippen molar-refractivity contribution in [2.75, 3.05) is 13.7 Å². The standard InChI is InChI=1S/C21H19F3O6/c1-27-20-16(21(22,23)24)17(30-19(26)14-10-6-3-7-11-14)15(29-20)12-28-18(25)13-8-4-2-5-9-13/h2-11,15-17,20H,12H2,1H3/t15-,16?,17?,20+/m1/s1. The SMILES string of the molecule is CO[C@H]1O[C@H](COC(=O)c2ccccc2)C(OC(=O)c2ccccc2)C1C(F)(F)F. The van der Waals surface area contributed by atoms with Crippen molar-refractivity contribution in [3.63, 3.8) is 0 Å². The van der Waals surface area contributed by atoms with Gasteiger partial charge in [-0.15, -0.1) is 0 Å². The maximum absolute atomic E-state index is 13.7. The Balaban J connectivity index is 1.78. The summed E-state index contributed by atoms with van der Waals surface area (Å²) in [6.45, 7) is -0.549. The van der Waals surface area contributed by atoms with Crippen molar-refractivity contribution >= 4 is 11.9 Å². The number of hydrogen-bond acceptors (Lipinski definition) is 6. The van der Waals surface area contributed by atoms with E-state index in [0.717, 1.165) is 7.11 Å². The average molecular weight is 424 g/mol. The number of carbonyl (C=O) groups excluding carboxylic acids is 2. The Morgan fingerprint density at radius 1 is 0.933 bits per heavy atom. The molecule has 160 valence electrons. The van der Waals surface area contributed by atoms with Crippen molar-refractivity contribution < 1.29 is 41.7 Å². The summed E-state index contributed by atoms with van der Waals surface area (Å²) in [7, 11) is 1.05. The minimum absolute atomic E-state index is 0.0827. The quantitative estimate of drug-likeness (QED) is 0.660. The third-order valence-corrected chi connectivity index (χ3v) is 4.57. The van der Waals surface area contributed by atoms with Gasteiger partial charge in [0, 0.05) is 7.11 Å². The Morgan fingerprint density at radius 3 is 1.97 bits per heavy atom. The summed E-state index contributed by atoms with van der Waals surface area (Å²) < 4.78 is 61.4. The Labute approximate surface area is 170 Å². The topological polar surface area (TPSA) is 71.1 Å². The molecule has 0 N–H and O–H groups in total. The predicted molar refractivity (Wildman–Crippen MR) is 97.6 cm³/mol. The first kappa shape index (κ1) is 21.8. The summed E-state index contributed by atoms with van der Waals surface area (Å²) in [6, 6.07) is 15.5. The maximum atomic E-state index is 13.7. The molecule has 1 heterocycles. The lowest BCUT2D eigenvalue weighted by Gasteiger charge is -2.25. The van der Waals surface area contributed by atoms with Gasteiger partial charge in [0.25, 0.3) is 0 Å². The van der Waals surface area contributed by atoms with Crippen LogP contribution in [0.15, 0.2) is 60.7 Å². The zero-order valence-corrected chi connectivity index (χ0v) is 15.9. The number of benzene rings is 2. The second kappa shape index (κ2) is 9.27. The van der Waals surface area contributed by atoms with Crippen molar-refractivity contribution in [2.45, 2.75) is 24.7 Å². The number of hydrogen-bond donors (Lipinski definition) is 0. The molecule has 0 amide bonds. The van der Waals surface area contributed by atoms with Crippen molar-refractivity contribution in [3.8, 4) is 0 Å². The molecule has 2 aromatic carbocycles. The lowest BCUT2D eigenvalue weighted by atomic mass is 9.99. The molecule has 30 heavy (non-hydrogen) atoms. The van der Waals surface area contributed by atoms with Gasteiger partial charge < -0.3 is 18.9 Å². The van der Waals surface area contributed by atoms with Gasteiger partial charge in [0.05, 0.1) is 11.1 Å². The molecule has 2 aromatic rings. The summed E-state index contributed by atoms with van der Waals surface area (Å²) in [6.07, 6.45) is -9.60. The van der Waals surface area contributed by atoms with E-state index in [-0.39, 0.29) is 11.1 Å². The normalized spacial score (nSPS) is 23.7. The van der Waals surface area contributed by atoms with E-state index in [0.29, 0.717) is 0 Å². The fourth-order valence-corrected chi connectivity index (χ4v) is 3.13. The molecule has 2 unspecified atom stereocenters. The second-order valence-corrected chi connectivity index (χ2v) is 6.55. The first-order valence-corrected chi connectivity index (χ1v) is 9.04. The highest BCUT2D eigenvalue weighted by atomic mass is 19.4. The van der Waals surface area contributed by atoms with Gasteiger partial charge in [-0.25, -0.2) is 9.59 Å². The van der Waals surface area contributed by atoms with Gasteiger partial charge in [-0.3, -0.25) is 0 Å². The van der Waals surface area contributed by atoms with Crippen molar-refractivity contribution in [3.05, 3.63) is 71.8 Å². The van der Waals surface area contributed by atoms with E-state index >= 15 is 0 Å². The molecule has 0 saturated carbocycles. The highest BCUT2D eigenvalue weighted by Crippen LogP contribution is 2.42. The molecule has 1 aliphatic heterocycles. The zero-order valence-electron chi connectivity index (χ0n) is 15.9. The van der Waals surface area contributed by atoms with Crippen molar-refractivity contribution in [1.82, 2.24) is 0 Å². The number of alkyl halides is 3. The van der Waals surface area contributed by atoms with E-state index in [1.165, 1.54) is 24.3 Å². The number of methoxy groups -OCH3 is 1. The fraction of sp³-hybridized carbons (Fsp3) is 0.333. The molecule has 1 aliphatic rings. The highest BCUT2D eigenvalue weighted by molar-refractivity contribution is 5.90. The molecular weight excluding hydrogens is 405 g/mol. The molecule has 0 aliphatic carbocycles. The molecule has 0 aromatic heterocycles. The highest BCUT2D eigenvalue weighted by Gasteiger charge is 2.60. The van der Waals surface area contributed by atoms with Crippen LogP contribution in [-0.4, -0.2) is 50.3 Å². The van der Waals surface area contributed by atoms with Crippen LogP contribution in [0.2, 0.25) is 0 Å². The number of rotatable bonds is 6. The molecule has 4 atom stereocenters. The molecule has 6 nitrogen and oxygen atoms in total. The number of carbonyl (C=O) groups is 2. The summed E-state index contributed by atoms with van der Waals surface area (Å²) in [5.41, 5.74) is 0.309. The monoisotopic (exact) mass is 424 g/mol. The molecule has 1 fully saturated rings. The van der Waals surface area contributed by atoms with Crippen molar-refractivity contribution in [2.24, 2.45) is 5.92 Å². The molecule has 0 spiro atoms. The molecular formula is C21H19F3O6. The van der Waals surface area contributed by atoms with Crippen LogP contribution in [-0.2, 0) is 18.9 Å². The summed E-state index contributed by atoms with van der Waals surface area (Å²) in [5.74, 6) is -3.93. The van der Waals surface area contributed by atoms with E-state index in [1.807, 2.05) is 0 Å². The van der Waals surface area contributed by atoms with E-state index in [9.17, 15) is 22.8 Å². The van der Waals surface area contributed by atoms with Gasteiger partial charge in [0.2, 0.25) is 0 Å². The molecule has 3 rings (SSSR count). The Morgan fingerprint density at radius 2 is 1.47 bits per heavy atom. The Kier molecular flexibility index (Phi) is 6.73. The Hall–Kier alpha value is -2.91. The molecule has 1 saturated heterocycles. The third-order valence-electron chi connectivity index (χ3n) is 4.57. The van der Waals surface area contributed by atoms with Gasteiger partial charge in [0.15, 0.2) is 6.29 Å². The smallest absolute Gasteiger partial charge is 0.400 e. The minimum Gasteiger partial charge on any atom is -0.459 e. The molecule has 0 radical (unpaired) electrons. The van der Waals surface area contributed by atoms with Crippen LogP contribution in [0.1, 0.15) is 20.7 Å². The summed E-state index contributed by atoms with van der Waals surface area (Å²) >= 11 is 0. The van der Waals surface area contributed by atoms with E-state index in [4.69, 9.17) is 18.9 Å². The van der Waals surface area contributed by atoms with Crippen LogP contribution >= 0.6 is 0 Å². The van der Waals surface area contributed by atoms with Gasteiger partial charge in [-0.2, -0.15) is 13.2 Å². The molecule has 9 heteroatoms. The number of esters is 2. The zero-order chi connectivity index (χ0) is 21.7. The van der Waals surface area contributed by atoms with E-state index in [2.05, 4.69) is 0 Å². The number of ether oxygens (including phenoxy) is 4. The summed E-state index contributed by atoms with van der Waals surface area (Å²) in [4.78, 5) is 24.5. The van der Waals surface area contributed by atoms with Gasteiger partial charge in [-0.05, 0) is 24.3 Å². The lowest BCUT2D eigenvalue weighted by molar-refractivity contribution is -0.239. The van der Waals surface area contributed by atoms with E-state index < -0.39 is 49.1 Å². The first-order chi connectivity index (χ1) is 14.3. The van der Waals surface area contributed by atoms with Gasteiger partial charge in [0.1, 0.15) is 24.7 Å². The minimum atomic E-state index is -4.78. The van der Waals surface area contributed by atoms with E-state index in [1.54, 1.807) is 36.4 Å². The first-order valence-electron chi connectivity index (χ1n) is 9.04. The van der Waals surface area contributed by atoms with Crippen LogP contribution in [0.25, 0.3) is 0 Å². The van der Waals surface area contributed by atoms with Crippen LogP contribution in [0.4, 0.5) is 13.2 Å². The fourth-order valence-electron chi connectivity index (χ4n) is 3.13. The molecule has 0 bridgehead atoms. The maximum Gasteiger partial charge on any atom is 0.400 e. The van der Waals surface area contributed by atoms with Crippen LogP contribution in [0, 0.1) is 5.92 Å². The largest absolute Gasteiger partial charge is 0.459 e.